The van der Waals surface area contributed by atoms with Gasteiger partial charge in [0.15, 0.2) is 5.78 Å². The van der Waals surface area contributed by atoms with E-state index >= 15 is 0 Å². The minimum atomic E-state index is 0.0817. The van der Waals surface area contributed by atoms with Crippen molar-refractivity contribution in [3.05, 3.63) is 36.0 Å². The Morgan fingerprint density at radius 1 is 1.18 bits per heavy atom. The molecule has 0 aromatic carbocycles. The molecule has 0 saturated carbocycles. The van der Waals surface area contributed by atoms with Gasteiger partial charge in [0.1, 0.15) is 0 Å². The Morgan fingerprint density at radius 2 is 1.82 bits per heavy atom. The van der Waals surface area contributed by atoms with Crippen LogP contribution in [0.4, 0.5) is 0 Å². The van der Waals surface area contributed by atoms with Crippen LogP contribution in [0.2, 0.25) is 0 Å². The summed E-state index contributed by atoms with van der Waals surface area (Å²) in [6, 6.07) is 0. The molecule has 1 nitrogen and oxygen atoms in total. The third kappa shape index (κ3) is 6.78. The topological polar surface area (TPSA) is 17.1 Å². The number of carbonyl (C=O) groups excluding carboxylic acids is 1. The van der Waals surface area contributed by atoms with Gasteiger partial charge in [-0.1, -0.05) is 29.9 Å². The summed E-state index contributed by atoms with van der Waals surface area (Å²) in [5.41, 5.74) is 1.08. The van der Waals surface area contributed by atoms with Crippen molar-refractivity contribution in [1.82, 2.24) is 0 Å². The smallest absolute Gasteiger partial charge is 0.152 e. The number of allylic oxidation sites excluding steroid dienone is 6. The molecule has 0 aromatic rings. The quantitative estimate of drug-likeness (QED) is 0.446. The number of rotatable bonds is 3. The predicted octanol–water partition coefficient (Wildman–Crippen LogP) is 2.65. The fraction of sp³-hybridized carbons (Fsp3) is 0.300. The molecule has 0 radical (unpaired) electrons. The molecular formula is C10H14O. The molecule has 0 fully saturated rings. The standard InChI is InChI=1S/C10H14O/c1-4-5-6-9(2)7-8-10(3)11/h4-8H,1-3H3/b5-4-,8-7+,9-6-. The third-order valence-corrected chi connectivity index (χ3v) is 1.13. The first-order valence-corrected chi connectivity index (χ1v) is 3.65. The number of hydrogen-bond donors (Lipinski definition) is 0. The average molecular weight is 150 g/mol. The predicted molar refractivity (Wildman–Crippen MR) is 48.4 cm³/mol. The van der Waals surface area contributed by atoms with Gasteiger partial charge >= 0.3 is 0 Å². The third-order valence-electron chi connectivity index (χ3n) is 1.13. The van der Waals surface area contributed by atoms with Crippen LogP contribution in [0, 0.1) is 0 Å². The molecule has 0 spiro atoms. The molecular weight excluding hydrogens is 136 g/mol. The fourth-order valence-corrected chi connectivity index (χ4v) is 0.552. The summed E-state index contributed by atoms with van der Waals surface area (Å²) in [7, 11) is 0. The molecule has 0 bridgehead atoms. The summed E-state index contributed by atoms with van der Waals surface area (Å²) in [6.07, 6.45) is 9.22. The first-order chi connectivity index (χ1) is 5.16. The monoisotopic (exact) mass is 150 g/mol. The minimum absolute atomic E-state index is 0.0817. The van der Waals surface area contributed by atoms with E-state index in [1.165, 1.54) is 0 Å². The van der Waals surface area contributed by atoms with Gasteiger partial charge in [0.05, 0.1) is 0 Å². The van der Waals surface area contributed by atoms with Gasteiger partial charge in [0, 0.05) is 0 Å². The molecule has 0 saturated heterocycles. The van der Waals surface area contributed by atoms with Gasteiger partial charge in [0.25, 0.3) is 0 Å². The summed E-state index contributed by atoms with van der Waals surface area (Å²) in [5.74, 6) is 0.0817. The molecule has 60 valence electrons. The van der Waals surface area contributed by atoms with Crippen molar-refractivity contribution in [2.45, 2.75) is 20.8 Å². The maximum absolute atomic E-state index is 10.5. The lowest BCUT2D eigenvalue weighted by Crippen LogP contribution is -1.79. The molecule has 0 unspecified atom stereocenters. The Bertz CT molecular complexity index is 207. The van der Waals surface area contributed by atoms with E-state index in [0.29, 0.717) is 0 Å². The number of hydrogen-bond acceptors (Lipinski definition) is 1. The molecule has 0 aliphatic rings. The van der Waals surface area contributed by atoms with Crippen LogP contribution in [0.25, 0.3) is 0 Å². The van der Waals surface area contributed by atoms with Crippen LogP contribution in [0.1, 0.15) is 20.8 Å². The second-order valence-corrected chi connectivity index (χ2v) is 2.38. The van der Waals surface area contributed by atoms with E-state index in [9.17, 15) is 4.79 Å². The Labute approximate surface area is 68.1 Å². The normalized spacial score (nSPS) is 13.2. The van der Waals surface area contributed by atoms with Gasteiger partial charge < -0.3 is 0 Å². The zero-order valence-corrected chi connectivity index (χ0v) is 7.29. The maximum atomic E-state index is 10.5. The highest BCUT2D eigenvalue weighted by molar-refractivity contribution is 5.87. The van der Waals surface area contributed by atoms with E-state index in [4.69, 9.17) is 0 Å². The average Bonchev–Trinajstić information content (AvgIpc) is 1.97. The first-order valence-electron chi connectivity index (χ1n) is 3.65. The lowest BCUT2D eigenvalue weighted by atomic mass is 10.2. The Balaban J connectivity index is 4.05. The fourth-order valence-electron chi connectivity index (χ4n) is 0.552. The van der Waals surface area contributed by atoms with E-state index in [1.54, 1.807) is 13.0 Å². The molecule has 0 aliphatic carbocycles. The lowest BCUT2D eigenvalue weighted by molar-refractivity contribution is -0.112. The van der Waals surface area contributed by atoms with Gasteiger partial charge in [-0.25, -0.2) is 0 Å². The Morgan fingerprint density at radius 3 is 2.27 bits per heavy atom. The molecule has 0 heterocycles. The highest BCUT2D eigenvalue weighted by Crippen LogP contribution is 1.95. The van der Waals surface area contributed by atoms with Crippen LogP contribution in [-0.4, -0.2) is 5.78 Å². The zero-order chi connectivity index (χ0) is 8.69. The van der Waals surface area contributed by atoms with Crippen molar-refractivity contribution in [2.24, 2.45) is 0 Å². The van der Waals surface area contributed by atoms with Crippen molar-refractivity contribution in [3.63, 3.8) is 0 Å². The van der Waals surface area contributed by atoms with Gasteiger partial charge in [-0.15, -0.1) is 0 Å². The maximum Gasteiger partial charge on any atom is 0.152 e. The van der Waals surface area contributed by atoms with Crippen molar-refractivity contribution in [1.29, 1.82) is 0 Å². The Hall–Kier alpha value is -1.11. The van der Waals surface area contributed by atoms with E-state index in [0.717, 1.165) is 5.57 Å². The minimum Gasteiger partial charge on any atom is -0.295 e. The molecule has 1 heteroatoms. The van der Waals surface area contributed by atoms with Crippen molar-refractivity contribution >= 4 is 5.78 Å². The second kappa shape index (κ2) is 5.66. The van der Waals surface area contributed by atoms with E-state index in [2.05, 4.69) is 0 Å². The molecule has 0 aromatic heterocycles. The van der Waals surface area contributed by atoms with Gasteiger partial charge in [-0.3, -0.25) is 4.79 Å². The molecule has 0 N–H and O–H groups in total. The van der Waals surface area contributed by atoms with Crippen molar-refractivity contribution < 1.29 is 4.79 Å². The summed E-state index contributed by atoms with van der Waals surface area (Å²) in [5, 5.41) is 0. The zero-order valence-electron chi connectivity index (χ0n) is 7.29. The van der Waals surface area contributed by atoms with Crippen LogP contribution in [0.3, 0.4) is 0 Å². The molecule has 0 atom stereocenters. The van der Waals surface area contributed by atoms with E-state index in [1.807, 2.05) is 38.2 Å². The van der Waals surface area contributed by atoms with Crippen LogP contribution >= 0.6 is 0 Å². The highest BCUT2D eigenvalue weighted by atomic mass is 16.1. The molecule has 0 amide bonds. The van der Waals surface area contributed by atoms with Crippen LogP contribution in [0.15, 0.2) is 36.0 Å². The largest absolute Gasteiger partial charge is 0.295 e. The Kier molecular flexibility index (Phi) is 5.09. The summed E-state index contributed by atoms with van der Waals surface area (Å²) < 4.78 is 0. The van der Waals surface area contributed by atoms with Gasteiger partial charge in [-0.05, 0) is 26.8 Å². The molecule has 0 rings (SSSR count). The number of carbonyl (C=O) groups is 1. The highest BCUT2D eigenvalue weighted by Gasteiger charge is 1.81. The second-order valence-electron chi connectivity index (χ2n) is 2.38. The number of ketones is 1. The van der Waals surface area contributed by atoms with Crippen LogP contribution in [-0.2, 0) is 4.79 Å². The van der Waals surface area contributed by atoms with E-state index in [-0.39, 0.29) is 5.78 Å². The van der Waals surface area contributed by atoms with Crippen molar-refractivity contribution in [3.8, 4) is 0 Å². The SMILES string of the molecule is C\C=C/C=C(C)\C=C\C(C)=O. The van der Waals surface area contributed by atoms with Crippen LogP contribution < -0.4 is 0 Å². The summed E-state index contributed by atoms with van der Waals surface area (Å²) in [4.78, 5) is 10.5. The summed E-state index contributed by atoms with van der Waals surface area (Å²) in [6.45, 7) is 5.46. The summed E-state index contributed by atoms with van der Waals surface area (Å²) >= 11 is 0. The van der Waals surface area contributed by atoms with Gasteiger partial charge in [-0.2, -0.15) is 0 Å². The van der Waals surface area contributed by atoms with Gasteiger partial charge in [0.2, 0.25) is 0 Å². The first kappa shape index (κ1) is 9.89. The molecule has 0 aliphatic heterocycles. The molecule has 11 heavy (non-hydrogen) atoms. The lowest BCUT2D eigenvalue weighted by Gasteiger charge is -1.85. The van der Waals surface area contributed by atoms with Crippen molar-refractivity contribution in [2.75, 3.05) is 0 Å². The van der Waals surface area contributed by atoms with E-state index < -0.39 is 0 Å². The van der Waals surface area contributed by atoms with Crippen LogP contribution in [0.5, 0.6) is 0 Å².